The van der Waals surface area contributed by atoms with Crippen molar-refractivity contribution in [1.29, 1.82) is 0 Å². The van der Waals surface area contributed by atoms with Crippen LogP contribution in [0, 0.1) is 17.3 Å². The van der Waals surface area contributed by atoms with Gasteiger partial charge in [0.2, 0.25) is 0 Å². The fourth-order valence-corrected chi connectivity index (χ4v) is 6.26. The lowest BCUT2D eigenvalue weighted by Gasteiger charge is -2.33. The molecule has 9 nitrogen and oxygen atoms in total. The molecule has 0 aliphatic carbocycles. The van der Waals surface area contributed by atoms with Gasteiger partial charge in [0, 0.05) is 12.8 Å². The lowest BCUT2D eigenvalue weighted by atomic mass is 9.91. The van der Waals surface area contributed by atoms with Crippen molar-refractivity contribution in [3.8, 4) is 0 Å². The van der Waals surface area contributed by atoms with Crippen molar-refractivity contribution < 1.29 is 38.1 Å². The highest BCUT2D eigenvalue weighted by molar-refractivity contribution is 5.73. The minimum Gasteiger partial charge on any atom is -0.465 e. The summed E-state index contributed by atoms with van der Waals surface area (Å²) in [4.78, 5) is 55.4. The first-order valence-electron chi connectivity index (χ1n) is 21.4. The van der Waals surface area contributed by atoms with Gasteiger partial charge in [-0.2, -0.15) is 0 Å². The van der Waals surface area contributed by atoms with E-state index in [2.05, 4.69) is 39.5 Å². The summed E-state index contributed by atoms with van der Waals surface area (Å²) in [5.41, 5.74) is -1.22. The van der Waals surface area contributed by atoms with Crippen LogP contribution in [0.2, 0.25) is 0 Å². The van der Waals surface area contributed by atoms with E-state index in [1.807, 2.05) is 14.1 Å². The lowest BCUT2D eigenvalue weighted by molar-refractivity contribution is -0.174. The largest absolute Gasteiger partial charge is 0.465 e. The number of ether oxygens (including phenoxy) is 4. The third kappa shape index (κ3) is 26.6. The minimum atomic E-state index is -1.22. The Morgan fingerprint density at radius 1 is 0.442 bits per heavy atom. The number of esters is 4. The molecule has 9 heteroatoms. The summed E-state index contributed by atoms with van der Waals surface area (Å²) in [5.74, 6) is -1.79. The third-order valence-electron chi connectivity index (χ3n) is 9.88. The standard InChI is InChI=1S/C43H81NO8/c1-8-13-18-23-30-39(45)49-33-43(34-50-40(46)31-24-25-32-44(6)7,35-51-41(47)37(26-19-14-9-2)27-20-15-10-3)36-52-42(48)38(28-21-16-11-4)29-22-17-12-5/h37-38H,8-36H2,1-7H3. The van der Waals surface area contributed by atoms with Crippen molar-refractivity contribution in [1.82, 2.24) is 4.90 Å². The number of hydrogen-bond acceptors (Lipinski definition) is 9. The van der Waals surface area contributed by atoms with Crippen LogP contribution < -0.4 is 0 Å². The third-order valence-corrected chi connectivity index (χ3v) is 9.88. The van der Waals surface area contributed by atoms with Crippen molar-refractivity contribution in [3.63, 3.8) is 0 Å². The van der Waals surface area contributed by atoms with E-state index in [4.69, 9.17) is 18.9 Å². The van der Waals surface area contributed by atoms with Crippen LogP contribution in [0.15, 0.2) is 0 Å². The second-order valence-corrected chi connectivity index (χ2v) is 15.5. The van der Waals surface area contributed by atoms with E-state index < -0.39 is 5.41 Å². The molecule has 306 valence electrons. The van der Waals surface area contributed by atoms with Crippen LogP contribution in [-0.4, -0.2) is 75.8 Å². The normalized spacial score (nSPS) is 11.7. The molecule has 0 unspecified atom stereocenters. The summed E-state index contributed by atoms with van der Waals surface area (Å²) in [7, 11) is 3.99. The van der Waals surface area contributed by atoms with Crippen LogP contribution in [0.25, 0.3) is 0 Å². The molecule has 0 N–H and O–H groups in total. The van der Waals surface area contributed by atoms with Gasteiger partial charge in [0.15, 0.2) is 0 Å². The Kier molecular flexibility index (Phi) is 32.0. The second-order valence-electron chi connectivity index (χ2n) is 15.5. The summed E-state index contributed by atoms with van der Waals surface area (Å²) < 4.78 is 23.8. The van der Waals surface area contributed by atoms with E-state index in [0.29, 0.717) is 6.42 Å². The number of nitrogens with zero attached hydrogens (tertiary/aromatic N) is 1. The maximum Gasteiger partial charge on any atom is 0.308 e. The number of carbonyl (C=O) groups is 4. The molecule has 0 spiro atoms. The molecule has 0 atom stereocenters. The molecule has 0 amide bonds. The van der Waals surface area contributed by atoms with Crippen molar-refractivity contribution in [2.24, 2.45) is 17.3 Å². The van der Waals surface area contributed by atoms with Gasteiger partial charge in [-0.3, -0.25) is 19.2 Å². The predicted molar refractivity (Wildman–Crippen MR) is 211 cm³/mol. The molecule has 0 radical (unpaired) electrons. The quantitative estimate of drug-likeness (QED) is 0.0352. The van der Waals surface area contributed by atoms with E-state index in [-0.39, 0.29) is 75.0 Å². The highest BCUT2D eigenvalue weighted by Crippen LogP contribution is 2.27. The molecule has 0 fully saturated rings. The highest BCUT2D eigenvalue weighted by Gasteiger charge is 2.39. The zero-order chi connectivity index (χ0) is 38.9. The monoisotopic (exact) mass is 740 g/mol. The van der Waals surface area contributed by atoms with Gasteiger partial charge in [0.1, 0.15) is 31.8 Å². The maximum absolute atomic E-state index is 13.7. The Morgan fingerprint density at radius 2 is 0.769 bits per heavy atom. The first-order chi connectivity index (χ1) is 25.1. The number of rotatable bonds is 36. The van der Waals surface area contributed by atoms with Crippen LogP contribution in [-0.2, 0) is 38.1 Å². The van der Waals surface area contributed by atoms with Crippen LogP contribution in [0.4, 0.5) is 0 Å². The van der Waals surface area contributed by atoms with Gasteiger partial charge in [-0.1, -0.05) is 131 Å². The summed E-state index contributed by atoms with van der Waals surface area (Å²) in [6.45, 7) is 10.9. The lowest BCUT2D eigenvalue weighted by Crippen LogP contribution is -2.44. The minimum absolute atomic E-state index is 0.176. The SMILES string of the molecule is CCCCCCC(=O)OCC(COC(=O)CCCCN(C)C)(COC(=O)C(CCCCC)CCCCC)COC(=O)C(CCCCC)CCCCC. The van der Waals surface area contributed by atoms with Crippen molar-refractivity contribution >= 4 is 23.9 Å². The fraction of sp³-hybridized carbons (Fsp3) is 0.907. The number of unbranched alkanes of at least 4 members (excludes halogenated alkanes) is 12. The smallest absolute Gasteiger partial charge is 0.308 e. The molecular formula is C43H81NO8. The van der Waals surface area contributed by atoms with E-state index in [1.165, 1.54) is 0 Å². The summed E-state index contributed by atoms with van der Waals surface area (Å²) in [5, 5.41) is 0. The van der Waals surface area contributed by atoms with E-state index in [1.54, 1.807) is 0 Å². The average Bonchev–Trinajstić information content (AvgIpc) is 3.13. The highest BCUT2D eigenvalue weighted by atomic mass is 16.6. The van der Waals surface area contributed by atoms with Crippen LogP contribution >= 0.6 is 0 Å². The molecule has 0 aromatic rings. The molecule has 0 rings (SSSR count). The van der Waals surface area contributed by atoms with Gasteiger partial charge in [0.05, 0.1) is 11.8 Å². The zero-order valence-electron chi connectivity index (χ0n) is 34.9. The van der Waals surface area contributed by atoms with Gasteiger partial charge < -0.3 is 23.8 Å². The first-order valence-corrected chi connectivity index (χ1v) is 21.4. The van der Waals surface area contributed by atoms with Gasteiger partial charge in [-0.25, -0.2) is 0 Å². The molecule has 52 heavy (non-hydrogen) atoms. The second kappa shape index (κ2) is 33.4. The van der Waals surface area contributed by atoms with E-state index in [9.17, 15) is 19.2 Å². The van der Waals surface area contributed by atoms with Crippen molar-refractivity contribution in [2.45, 2.75) is 189 Å². The zero-order valence-corrected chi connectivity index (χ0v) is 34.9. The van der Waals surface area contributed by atoms with E-state index in [0.717, 1.165) is 141 Å². The topological polar surface area (TPSA) is 108 Å². The molecule has 0 aromatic heterocycles. The molecule has 0 aliphatic rings. The van der Waals surface area contributed by atoms with Crippen LogP contribution in [0.3, 0.4) is 0 Å². The molecule has 0 aliphatic heterocycles. The molecule has 0 heterocycles. The van der Waals surface area contributed by atoms with Crippen LogP contribution in [0.1, 0.15) is 189 Å². The van der Waals surface area contributed by atoms with Gasteiger partial charge in [0.25, 0.3) is 0 Å². The van der Waals surface area contributed by atoms with Crippen LogP contribution in [0.5, 0.6) is 0 Å². The van der Waals surface area contributed by atoms with Crippen molar-refractivity contribution in [3.05, 3.63) is 0 Å². The van der Waals surface area contributed by atoms with E-state index >= 15 is 0 Å². The predicted octanol–water partition coefficient (Wildman–Crippen LogP) is 10.4. The Bertz CT molecular complexity index is 848. The molecule has 0 bridgehead atoms. The first kappa shape index (κ1) is 49.8. The Morgan fingerprint density at radius 3 is 1.12 bits per heavy atom. The summed E-state index contributed by atoms with van der Waals surface area (Å²) >= 11 is 0. The van der Waals surface area contributed by atoms with Gasteiger partial charge in [-0.15, -0.1) is 0 Å². The summed E-state index contributed by atoms with van der Waals surface area (Å²) in [6, 6.07) is 0. The summed E-state index contributed by atoms with van der Waals surface area (Å²) in [6.07, 6.45) is 21.1. The maximum atomic E-state index is 13.7. The fourth-order valence-electron chi connectivity index (χ4n) is 6.26. The molecule has 0 saturated heterocycles. The number of carbonyl (C=O) groups excluding carboxylic acids is 4. The molecule has 0 aromatic carbocycles. The average molecular weight is 740 g/mol. The molecule has 0 saturated carbocycles. The van der Waals surface area contributed by atoms with Crippen molar-refractivity contribution in [2.75, 3.05) is 47.1 Å². The number of hydrogen-bond donors (Lipinski definition) is 0. The Balaban J connectivity index is 6.28. The molecular weight excluding hydrogens is 658 g/mol. The van der Waals surface area contributed by atoms with Gasteiger partial charge in [-0.05, 0) is 65.6 Å². The van der Waals surface area contributed by atoms with Gasteiger partial charge >= 0.3 is 23.9 Å². The Labute approximate surface area is 319 Å². The Hall–Kier alpha value is -2.16.